The molecule has 2 fully saturated rings. The highest BCUT2D eigenvalue weighted by atomic mass is 16.5. The molecule has 21 heavy (non-hydrogen) atoms. The van der Waals surface area contributed by atoms with Gasteiger partial charge in [-0.1, -0.05) is 13.8 Å². The van der Waals surface area contributed by atoms with Crippen molar-refractivity contribution < 1.29 is 19.1 Å². The third-order valence-electron chi connectivity index (χ3n) is 5.14. The van der Waals surface area contributed by atoms with Crippen LogP contribution in [0, 0.1) is 17.3 Å². The number of nitrogens with one attached hydrogen (secondary N) is 1. The molecular weight excluding hydrogens is 272 g/mol. The Morgan fingerprint density at radius 1 is 1.33 bits per heavy atom. The van der Waals surface area contributed by atoms with Gasteiger partial charge in [-0.15, -0.1) is 0 Å². The highest BCUT2D eigenvalue weighted by Crippen LogP contribution is 2.63. The van der Waals surface area contributed by atoms with E-state index in [2.05, 4.69) is 5.32 Å². The van der Waals surface area contributed by atoms with Crippen molar-refractivity contribution >= 4 is 17.8 Å². The lowest BCUT2D eigenvalue weighted by Crippen LogP contribution is -2.49. The number of nitrogens with zero attached hydrogens (tertiary/aromatic N) is 1. The summed E-state index contributed by atoms with van der Waals surface area (Å²) < 4.78 is 4.77. The molecule has 3 atom stereocenters. The van der Waals surface area contributed by atoms with Gasteiger partial charge in [-0.3, -0.25) is 19.3 Å². The molecule has 0 aromatic carbocycles. The first-order valence-corrected chi connectivity index (χ1v) is 7.33. The minimum Gasteiger partial charge on any atom is -0.468 e. The second-order valence-electron chi connectivity index (χ2n) is 6.78. The van der Waals surface area contributed by atoms with Crippen LogP contribution in [0.1, 0.15) is 33.6 Å². The molecule has 2 rings (SSSR count). The van der Waals surface area contributed by atoms with E-state index >= 15 is 0 Å². The van der Waals surface area contributed by atoms with Gasteiger partial charge < -0.3 is 10.1 Å². The van der Waals surface area contributed by atoms with Crippen molar-refractivity contribution in [3.05, 3.63) is 0 Å². The molecule has 6 nitrogen and oxygen atoms in total. The van der Waals surface area contributed by atoms with Gasteiger partial charge in [0.1, 0.15) is 5.54 Å². The summed E-state index contributed by atoms with van der Waals surface area (Å²) in [5, 5.41) is 2.94. The zero-order valence-corrected chi connectivity index (χ0v) is 13.4. The molecule has 0 spiro atoms. The Morgan fingerprint density at radius 2 is 1.86 bits per heavy atom. The number of likely N-dealkylation sites (tertiary alicyclic amines) is 1. The molecule has 0 aromatic heterocycles. The second-order valence-corrected chi connectivity index (χ2v) is 6.78. The number of amides is 2. The van der Waals surface area contributed by atoms with Crippen LogP contribution in [0.4, 0.5) is 0 Å². The average molecular weight is 296 g/mol. The Hall–Kier alpha value is -1.43. The zero-order valence-electron chi connectivity index (χ0n) is 13.4. The van der Waals surface area contributed by atoms with Gasteiger partial charge in [0, 0.05) is 6.54 Å². The second kappa shape index (κ2) is 5.09. The Balaban J connectivity index is 1.89. The predicted molar refractivity (Wildman–Crippen MR) is 76.2 cm³/mol. The van der Waals surface area contributed by atoms with Crippen LogP contribution in [0.5, 0.6) is 0 Å². The number of rotatable bonds is 6. The summed E-state index contributed by atoms with van der Waals surface area (Å²) in [6, 6.07) is 0. The number of piperidine rings is 1. The van der Waals surface area contributed by atoms with Crippen LogP contribution in [-0.4, -0.2) is 48.9 Å². The molecule has 2 amide bonds. The van der Waals surface area contributed by atoms with E-state index in [9.17, 15) is 14.4 Å². The maximum atomic E-state index is 12.2. The van der Waals surface area contributed by atoms with Gasteiger partial charge in [0.25, 0.3) is 0 Å². The lowest BCUT2D eigenvalue weighted by molar-refractivity contribution is -0.148. The summed E-state index contributed by atoms with van der Waals surface area (Å²) in [5.74, 6) is -0.728. The molecule has 2 aliphatic rings. The summed E-state index contributed by atoms with van der Waals surface area (Å²) in [5.41, 5.74) is -0.959. The fourth-order valence-electron chi connectivity index (χ4n) is 3.37. The van der Waals surface area contributed by atoms with Crippen molar-refractivity contribution in [2.24, 2.45) is 17.3 Å². The van der Waals surface area contributed by atoms with E-state index in [1.807, 2.05) is 13.8 Å². The summed E-state index contributed by atoms with van der Waals surface area (Å²) >= 11 is 0. The fraction of sp³-hybridized carbons (Fsp3) is 0.800. The van der Waals surface area contributed by atoms with E-state index in [-0.39, 0.29) is 35.0 Å². The van der Waals surface area contributed by atoms with E-state index in [4.69, 9.17) is 4.74 Å². The summed E-state index contributed by atoms with van der Waals surface area (Å²) in [6.45, 7) is 6.05. The number of hydrogen-bond acceptors (Lipinski definition) is 5. The Morgan fingerprint density at radius 3 is 2.29 bits per heavy atom. The van der Waals surface area contributed by atoms with Crippen LogP contribution in [0.2, 0.25) is 0 Å². The largest absolute Gasteiger partial charge is 0.468 e. The van der Waals surface area contributed by atoms with Gasteiger partial charge >= 0.3 is 5.97 Å². The quantitative estimate of drug-likeness (QED) is 0.572. The van der Waals surface area contributed by atoms with Crippen molar-refractivity contribution in [2.45, 2.75) is 39.2 Å². The first-order valence-electron chi connectivity index (χ1n) is 7.33. The molecule has 1 aliphatic heterocycles. The molecule has 0 bridgehead atoms. The normalized spacial score (nSPS) is 29.1. The molecule has 118 valence electrons. The van der Waals surface area contributed by atoms with Crippen molar-refractivity contribution in [2.75, 3.05) is 20.7 Å². The standard InChI is InChI=1S/C15H24N2O4/c1-14(2)9-10(14)12(19)17(11(9)18)8-6-7-15(3,16-4)13(20)21-5/h9-10,16H,6-8H2,1-5H3. The maximum absolute atomic E-state index is 12.2. The van der Waals surface area contributed by atoms with E-state index in [0.717, 1.165) is 0 Å². The van der Waals surface area contributed by atoms with Gasteiger partial charge in [0.15, 0.2) is 0 Å². The van der Waals surface area contributed by atoms with E-state index in [0.29, 0.717) is 19.4 Å². The van der Waals surface area contributed by atoms with E-state index < -0.39 is 5.54 Å². The molecule has 1 N–H and O–H groups in total. The molecule has 1 aliphatic carbocycles. The predicted octanol–water partition coefficient (Wildman–Crippen LogP) is 0.559. The molecule has 3 unspecified atom stereocenters. The van der Waals surface area contributed by atoms with Gasteiger partial charge in [0.05, 0.1) is 18.9 Å². The number of carbonyl (C=O) groups is 3. The van der Waals surface area contributed by atoms with Gasteiger partial charge in [-0.05, 0) is 32.2 Å². The zero-order chi connectivity index (χ0) is 16.0. The minimum absolute atomic E-state index is 0.0563. The Kier molecular flexibility index (Phi) is 3.86. The van der Waals surface area contributed by atoms with E-state index in [1.54, 1.807) is 14.0 Å². The average Bonchev–Trinajstić information content (AvgIpc) is 2.92. The Labute approximate surface area is 125 Å². The van der Waals surface area contributed by atoms with Crippen molar-refractivity contribution in [1.29, 1.82) is 0 Å². The number of imide groups is 1. The number of methoxy groups -OCH3 is 1. The summed E-state index contributed by atoms with van der Waals surface area (Å²) in [4.78, 5) is 37.5. The van der Waals surface area contributed by atoms with Gasteiger partial charge in [0.2, 0.25) is 11.8 Å². The number of hydrogen-bond donors (Lipinski definition) is 1. The number of likely N-dealkylation sites (N-methyl/N-ethyl adjacent to an activating group) is 1. The smallest absolute Gasteiger partial charge is 0.325 e. The van der Waals surface area contributed by atoms with Crippen LogP contribution in [0.15, 0.2) is 0 Å². The Bertz CT molecular complexity index is 464. The van der Waals surface area contributed by atoms with Crippen LogP contribution < -0.4 is 5.32 Å². The SMILES string of the molecule is CNC(C)(CCCN1C(=O)C2C(C1=O)C2(C)C)C(=O)OC. The highest BCUT2D eigenvalue weighted by Gasteiger charge is 2.72. The van der Waals surface area contributed by atoms with Crippen molar-refractivity contribution in [3.8, 4) is 0 Å². The molecule has 6 heteroatoms. The van der Waals surface area contributed by atoms with Crippen LogP contribution in [0.3, 0.4) is 0 Å². The van der Waals surface area contributed by atoms with Crippen molar-refractivity contribution in [1.82, 2.24) is 10.2 Å². The lowest BCUT2D eigenvalue weighted by Gasteiger charge is -2.27. The number of ether oxygens (including phenoxy) is 1. The number of esters is 1. The molecule has 1 saturated carbocycles. The first-order chi connectivity index (χ1) is 9.70. The van der Waals surface area contributed by atoms with Crippen LogP contribution >= 0.6 is 0 Å². The summed E-state index contributed by atoms with van der Waals surface area (Å²) in [7, 11) is 3.04. The topological polar surface area (TPSA) is 75.7 Å². The third kappa shape index (κ3) is 2.35. The van der Waals surface area contributed by atoms with Gasteiger partial charge in [-0.25, -0.2) is 0 Å². The van der Waals surface area contributed by atoms with Crippen LogP contribution in [-0.2, 0) is 19.1 Å². The first kappa shape index (κ1) is 15.9. The van der Waals surface area contributed by atoms with Crippen LogP contribution in [0.25, 0.3) is 0 Å². The number of carbonyl (C=O) groups excluding carboxylic acids is 3. The molecule has 1 saturated heterocycles. The summed E-state index contributed by atoms with van der Waals surface area (Å²) in [6.07, 6.45) is 1.08. The van der Waals surface area contributed by atoms with Crippen molar-refractivity contribution in [3.63, 3.8) is 0 Å². The van der Waals surface area contributed by atoms with E-state index in [1.165, 1.54) is 12.0 Å². The third-order valence-corrected chi connectivity index (χ3v) is 5.14. The highest BCUT2D eigenvalue weighted by molar-refractivity contribution is 6.10. The minimum atomic E-state index is -0.789. The fourth-order valence-corrected chi connectivity index (χ4v) is 3.37. The maximum Gasteiger partial charge on any atom is 0.325 e. The number of fused-ring (bicyclic) bond motifs is 1. The van der Waals surface area contributed by atoms with Gasteiger partial charge in [-0.2, -0.15) is 0 Å². The molecule has 1 heterocycles. The molecular formula is C15H24N2O4. The monoisotopic (exact) mass is 296 g/mol. The molecule has 0 aromatic rings. The molecule has 0 radical (unpaired) electrons. The lowest BCUT2D eigenvalue weighted by atomic mass is 9.96.